The highest BCUT2D eigenvalue weighted by Crippen LogP contribution is 2.17. The molecule has 0 radical (unpaired) electrons. The number of anilines is 1. The van der Waals surface area contributed by atoms with Crippen LogP contribution in [-0.4, -0.2) is 21.8 Å². The Hall–Kier alpha value is -2.60. The number of amides is 1. The Morgan fingerprint density at radius 2 is 2.21 bits per heavy atom. The van der Waals surface area contributed by atoms with Gasteiger partial charge in [0.1, 0.15) is 11.6 Å². The van der Waals surface area contributed by atoms with Crippen molar-refractivity contribution in [2.75, 3.05) is 5.32 Å². The Morgan fingerprint density at radius 1 is 1.33 bits per heavy atom. The minimum absolute atomic E-state index is 0.204. The van der Waals surface area contributed by atoms with Gasteiger partial charge < -0.3 is 10.1 Å². The molecule has 0 aliphatic rings. The van der Waals surface area contributed by atoms with Gasteiger partial charge in [-0.2, -0.15) is 5.10 Å². The number of thiophene rings is 1. The molecule has 0 spiro atoms. The molecule has 124 valence electrons. The van der Waals surface area contributed by atoms with Gasteiger partial charge in [-0.3, -0.25) is 4.79 Å². The number of hydrogen-bond acceptors (Lipinski definition) is 4. The van der Waals surface area contributed by atoms with Gasteiger partial charge in [0.15, 0.2) is 6.10 Å². The van der Waals surface area contributed by atoms with E-state index in [2.05, 4.69) is 10.4 Å². The van der Waals surface area contributed by atoms with Crippen molar-refractivity contribution < 1.29 is 9.53 Å². The van der Waals surface area contributed by atoms with E-state index in [1.807, 2.05) is 48.7 Å². The van der Waals surface area contributed by atoms with Gasteiger partial charge >= 0.3 is 0 Å². The number of nitrogens with one attached hydrogen (secondary N) is 1. The zero-order valence-corrected chi connectivity index (χ0v) is 14.4. The van der Waals surface area contributed by atoms with E-state index in [1.54, 1.807) is 35.2 Å². The monoisotopic (exact) mass is 341 g/mol. The fourth-order valence-corrected chi connectivity index (χ4v) is 2.98. The fraction of sp³-hybridized carbons (Fsp3) is 0.222. The first-order chi connectivity index (χ1) is 11.6. The van der Waals surface area contributed by atoms with Gasteiger partial charge in [0.2, 0.25) is 0 Å². The number of aromatic nitrogens is 2. The number of ether oxygens (including phenoxy) is 1. The Kier molecular flexibility index (Phi) is 4.96. The van der Waals surface area contributed by atoms with E-state index < -0.39 is 6.10 Å². The second kappa shape index (κ2) is 7.31. The molecule has 6 heteroatoms. The number of benzene rings is 1. The zero-order chi connectivity index (χ0) is 16.9. The molecule has 0 aliphatic heterocycles. The van der Waals surface area contributed by atoms with E-state index >= 15 is 0 Å². The van der Waals surface area contributed by atoms with E-state index in [0.717, 1.165) is 5.56 Å². The molecule has 1 amide bonds. The van der Waals surface area contributed by atoms with Crippen molar-refractivity contribution in [3.8, 4) is 5.75 Å². The van der Waals surface area contributed by atoms with E-state index in [9.17, 15) is 4.79 Å². The molecule has 0 aliphatic carbocycles. The Balaban J connectivity index is 1.63. The van der Waals surface area contributed by atoms with Crippen LogP contribution in [0.1, 0.15) is 17.4 Å². The van der Waals surface area contributed by atoms with Crippen LogP contribution in [0.5, 0.6) is 5.75 Å². The highest BCUT2D eigenvalue weighted by Gasteiger charge is 2.17. The average molecular weight is 341 g/mol. The molecule has 0 saturated carbocycles. The molecule has 0 bridgehead atoms. The molecule has 3 aromatic rings. The number of carbonyl (C=O) groups is 1. The van der Waals surface area contributed by atoms with E-state index in [1.165, 1.54) is 4.88 Å². The normalized spacial score (nSPS) is 11.9. The van der Waals surface area contributed by atoms with Gasteiger partial charge in [-0.1, -0.05) is 18.2 Å². The van der Waals surface area contributed by atoms with Crippen LogP contribution in [-0.2, 0) is 11.3 Å². The van der Waals surface area contributed by atoms with Crippen LogP contribution in [0.2, 0.25) is 0 Å². The number of rotatable bonds is 6. The van der Waals surface area contributed by atoms with Gasteiger partial charge in [0.05, 0.1) is 12.7 Å². The average Bonchev–Trinajstić information content (AvgIpc) is 3.20. The van der Waals surface area contributed by atoms with Gasteiger partial charge in [-0.15, -0.1) is 11.3 Å². The van der Waals surface area contributed by atoms with Crippen LogP contribution >= 0.6 is 11.3 Å². The molecule has 1 aromatic carbocycles. The van der Waals surface area contributed by atoms with Crippen LogP contribution < -0.4 is 10.1 Å². The molecule has 2 heterocycles. The number of carbonyl (C=O) groups excluding carboxylic acids is 1. The zero-order valence-electron chi connectivity index (χ0n) is 13.6. The predicted octanol–water partition coefficient (Wildman–Crippen LogP) is 3.71. The third kappa shape index (κ3) is 4.02. The lowest BCUT2D eigenvalue weighted by Gasteiger charge is -2.15. The summed E-state index contributed by atoms with van der Waals surface area (Å²) in [6.45, 7) is 4.35. The van der Waals surface area contributed by atoms with Gasteiger partial charge in [0, 0.05) is 10.9 Å². The van der Waals surface area contributed by atoms with E-state index in [0.29, 0.717) is 18.1 Å². The molecular weight excluding hydrogens is 322 g/mol. The molecule has 0 fully saturated rings. The SMILES string of the molecule is Cc1cccc(O[C@@H](C)C(=O)Nc2ccnn2Cc2cccs2)c1. The third-order valence-corrected chi connectivity index (χ3v) is 4.39. The van der Waals surface area contributed by atoms with Crippen LogP contribution in [0.15, 0.2) is 54.0 Å². The first-order valence-corrected chi connectivity index (χ1v) is 8.58. The van der Waals surface area contributed by atoms with Gasteiger partial charge in [-0.25, -0.2) is 4.68 Å². The number of aryl methyl sites for hydroxylation is 1. The first kappa shape index (κ1) is 16.3. The largest absolute Gasteiger partial charge is 0.481 e. The molecule has 2 aromatic heterocycles. The highest BCUT2D eigenvalue weighted by molar-refractivity contribution is 7.09. The van der Waals surface area contributed by atoms with Crippen molar-refractivity contribution in [2.45, 2.75) is 26.5 Å². The summed E-state index contributed by atoms with van der Waals surface area (Å²) >= 11 is 1.66. The summed E-state index contributed by atoms with van der Waals surface area (Å²) in [7, 11) is 0. The topological polar surface area (TPSA) is 56.1 Å². The lowest BCUT2D eigenvalue weighted by molar-refractivity contribution is -0.122. The van der Waals surface area contributed by atoms with Gasteiger partial charge in [-0.05, 0) is 43.0 Å². The van der Waals surface area contributed by atoms with Crippen molar-refractivity contribution >= 4 is 23.1 Å². The second-order valence-corrected chi connectivity index (χ2v) is 6.55. The molecule has 3 rings (SSSR count). The molecule has 0 unspecified atom stereocenters. The molecule has 24 heavy (non-hydrogen) atoms. The smallest absolute Gasteiger partial charge is 0.266 e. The van der Waals surface area contributed by atoms with Crippen LogP contribution in [0.25, 0.3) is 0 Å². The molecule has 5 nitrogen and oxygen atoms in total. The minimum atomic E-state index is -0.600. The lowest BCUT2D eigenvalue weighted by atomic mass is 10.2. The summed E-state index contributed by atoms with van der Waals surface area (Å²) in [5.41, 5.74) is 1.09. The summed E-state index contributed by atoms with van der Waals surface area (Å²) < 4.78 is 7.48. The maximum absolute atomic E-state index is 12.4. The summed E-state index contributed by atoms with van der Waals surface area (Å²) in [6.07, 6.45) is 1.08. The molecular formula is C18H19N3O2S. The molecule has 1 atom stereocenters. The summed E-state index contributed by atoms with van der Waals surface area (Å²) in [4.78, 5) is 13.6. The standard InChI is InChI=1S/C18H19N3O2S/c1-13-5-3-6-15(11-13)23-14(2)18(22)20-17-8-9-19-21(17)12-16-7-4-10-24-16/h3-11,14H,12H2,1-2H3,(H,20,22)/t14-/m0/s1. The summed E-state index contributed by atoms with van der Waals surface area (Å²) in [5, 5.41) is 9.17. The van der Waals surface area contributed by atoms with Crippen molar-refractivity contribution in [1.29, 1.82) is 0 Å². The lowest BCUT2D eigenvalue weighted by Crippen LogP contribution is -2.31. The van der Waals surface area contributed by atoms with Crippen molar-refractivity contribution in [3.63, 3.8) is 0 Å². The van der Waals surface area contributed by atoms with Crippen molar-refractivity contribution in [3.05, 3.63) is 64.5 Å². The maximum atomic E-state index is 12.4. The number of hydrogen-bond donors (Lipinski definition) is 1. The number of nitrogens with zero attached hydrogens (tertiary/aromatic N) is 2. The summed E-state index contributed by atoms with van der Waals surface area (Å²) in [6, 6.07) is 13.5. The Bertz CT molecular complexity index is 811. The van der Waals surface area contributed by atoms with Crippen molar-refractivity contribution in [1.82, 2.24) is 9.78 Å². The predicted molar refractivity (Wildman–Crippen MR) is 95.5 cm³/mol. The van der Waals surface area contributed by atoms with Crippen LogP contribution in [0, 0.1) is 6.92 Å². The molecule has 0 saturated heterocycles. The van der Waals surface area contributed by atoms with E-state index in [4.69, 9.17) is 4.74 Å². The molecule has 1 N–H and O–H groups in total. The van der Waals surface area contributed by atoms with Crippen LogP contribution in [0.4, 0.5) is 5.82 Å². The van der Waals surface area contributed by atoms with E-state index in [-0.39, 0.29) is 5.91 Å². The second-order valence-electron chi connectivity index (χ2n) is 5.52. The minimum Gasteiger partial charge on any atom is -0.481 e. The Labute approximate surface area is 144 Å². The quantitative estimate of drug-likeness (QED) is 0.744. The Morgan fingerprint density at radius 3 is 2.96 bits per heavy atom. The third-order valence-electron chi connectivity index (χ3n) is 3.53. The highest BCUT2D eigenvalue weighted by atomic mass is 32.1. The van der Waals surface area contributed by atoms with Crippen molar-refractivity contribution in [2.24, 2.45) is 0 Å². The van der Waals surface area contributed by atoms with Gasteiger partial charge in [0.25, 0.3) is 5.91 Å². The summed E-state index contributed by atoms with van der Waals surface area (Å²) in [5.74, 6) is 1.14. The first-order valence-electron chi connectivity index (χ1n) is 7.70. The van der Waals surface area contributed by atoms with Crippen LogP contribution in [0.3, 0.4) is 0 Å². The maximum Gasteiger partial charge on any atom is 0.266 e. The fourth-order valence-electron chi connectivity index (χ4n) is 2.29.